The van der Waals surface area contributed by atoms with Gasteiger partial charge in [0.05, 0.1) is 22.3 Å². The molecule has 0 amide bonds. The summed E-state index contributed by atoms with van der Waals surface area (Å²) in [5.41, 5.74) is 2.65. The van der Waals surface area contributed by atoms with Crippen molar-refractivity contribution in [2.75, 3.05) is 12.4 Å². The van der Waals surface area contributed by atoms with Gasteiger partial charge in [-0.15, -0.1) is 5.10 Å². The maximum absolute atomic E-state index is 11.9. The zero-order valence-corrected chi connectivity index (χ0v) is 15.2. The van der Waals surface area contributed by atoms with Crippen molar-refractivity contribution in [2.24, 2.45) is 0 Å². The topological polar surface area (TPSA) is 96.9 Å². The molecular weight excluding hydrogens is 326 g/mol. The molecule has 0 spiro atoms. The van der Waals surface area contributed by atoms with Gasteiger partial charge in [0.1, 0.15) is 0 Å². The van der Waals surface area contributed by atoms with Crippen LogP contribution in [0.25, 0.3) is 0 Å². The standard InChI is InChI=1S/C16H23N5O2S/c1-5-14-15(6-2)20-21-16(19-14)18-11(3)12-8-7-9-13(10-12)24(22,23)17-4/h7-11,17H,5-6H2,1-4H3,(H,18,19,21). The molecule has 1 aromatic heterocycles. The molecule has 1 heterocycles. The highest BCUT2D eigenvalue weighted by molar-refractivity contribution is 7.89. The Labute approximate surface area is 143 Å². The average Bonchev–Trinajstić information content (AvgIpc) is 2.61. The van der Waals surface area contributed by atoms with E-state index in [4.69, 9.17) is 0 Å². The molecule has 2 rings (SSSR count). The minimum atomic E-state index is -3.47. The lowest BCUT2D eigenvalue weighted by Gasteiger charge is -2.16. The Morgan fingerprint density at radius 3 is 2.46 bits per heavy atom. The summed E-state index contributed by atoms with van der Waals surface area (Å²) >= 11 is 0. The van der Waals surface area contributed by atoms with Gasteiger partial charge in [-0.3, -0.25) is 0 Å². The number of hydrogen-bond donors (Lipinski definition) is 2. The number of benzene rings is 1. The van der Waals surface area contributed by atoms with Crippen molar-refractivity contribution in [1.29, 1.82) is 0 Å². The second kappa shape index (κ2) is 7.67. The molecule has 0 aliphatic carbocycles. The van der Waals surface area contributed by atoms with Gasteiger partial charge in [0, 0.05) is 0 Å². The number of hydrogen-bond acceptors (Lipinski definition) is 6. The summed E-state index contributed by atoms with van der Waals surface area (Å²) in [7, 11) is -2.07. The van der Waals surface area contributed by atoms with Gasteiger partial charge in [-0.1, -0.05) is 26.0 Å². The first-order valence-corrected chi connectivity index (χ1v) is 9.42. The van der Waals surface area contributed by atoms with Crippen LogP contribution in [0.2, 0.25) is 0 Å². The number of nitrogens with one attached hydrogen (secondary N) is 2. The minimum absolute atomic E-state index is 0.156. The van der Waals surface area contributed by atoms with Crippen molar-refractivity contribution in [3.8, 4) is 0 Å². The molecule has 1 aromatic carbocycles. The maximum Gasteiger partial charge on any atom is 0.243 e. The summed E-state index contributed by atoms with van der Waals surface area (Å²) in [6.07, 6.45) is 1.58. The van der Waals surface area contributed by atoms with Gasteiger partial charge in [0.15, 0.2) is 0 Å². The highest BCUT2D eigenvalue weighted by atomic mass is 32.2. The van der Waals surface area contributed by atoms with Crippen LogP contribution in [0, 0.1) is 0 Å². The van der Waals surface area contributed by atoms with Gasteiger partial charge in [-0.05, 0) is 44.5 Å². The van der Waals surface area contributed by atoms with Crippen molar-refractivity contribution < 1.29 is 8.42 Å². The van der Waals surface area contributed by atoms with Gasteiger partial charge < -0.3 is 5.32 Å². The lowest BCUT2D eigenvalue weighted by molar-refractivity contribution is 0.588. The molecular formula is C16H23N5O2S. The van der Waals surface area contributed by atoms with Crippen molar-refractivity contribution in [3.05, 3.63) is 41.2 Å². The highest BCUT2D eigenvalue weighted by Gasteiger charge is 2.15. The molecule has 7 nitrogen and oxygen atoms in total. The first-order chi connectivity index (χ1) is 11.4. The summed E-state index contributed by atoms with van der Waals surface area (Å²) < 4.78 is 26.2. The first kappa shape index (κ1) is 18.3. The van der Waals surface area contributed by atoms with E-state index < -0.39 is 10.0 Å². The van der Waals surface area contributed by atoms with Crippen LogP contribution in [-0.4, -0.2) is 30.6 Å². The van der Waals surface area contributed by atoms with E-state index >= 15 is 0 Å². The van der Waals surface area contributed by atoms with Crippen LogP contribution in [0.3, 0.4) is 0 Å². The summed E-state index contributed by atoms with van der Waals surface area (Å²) in [6, 6.07) is 6.62. The van der Waals surface area contributed by atoms with Gasteiger partial charge in [-0.2, -0.15) is 5.10 Å². The fourth-order valence-corrected chi connectivity index (χ4v) is 3.13. The molecule has 130 valence electrons. The van der Waals surface area contributed by atoms with Crippen LogP contribution in [-0.2, 0) is 22.9 Å². The Bertz CT molecular complexity index is 808. The molecule has 0 saturated heterocycles. The summed E-state index contributed by atoms with van der Waals surface area (Å²) in [5, 5.41) is 11.5. The van der Waals surface area contributed by atoms with E-state index in [0.29, 0.717) is 5.95 Å². The summed E-state index contributed by atoms with van der Waals surface area (Å²) in [4.78, 5) is 4.73. The lowest BCUT2D eigenvalue weighted by Crippen LogP contribution is -2.19. The van der Waals surface area contributed by atoms with E-state index in [1.807, 2.05) is 26.8 Å². The zero-order chi connectivity index (χ0) is 17.7. The van der Waals surface area contributed by atoms with Crippen molar-refractivity contribution in [3.63, 3.8) is 0 Å². The number of sulfonamides is 1. The smallest absolute Gasteiger partial charge is 0.243 e. The molecule has 8 heteroatoms. The quantitative estimate of drug-likeness (QED) is 0.794. The Morgan fingerprint density at radius 2 is 1.83 bits per heavy atom. The van der Waals surface area contributed by atoms with E-state index in [-0.39, 0.29) is 10.9 Å². The number of nitrogens with zero attached hydrogens (tertiary/aromatic N) is 3. The van der Waals surface area contributed by atoms with Crippen LogP contribution >= 0.6 is 0 Å². The average molecular weight is 349 g/mol. The van der Waals surface area contributed by atoms with Gasteiger partial charge in [0.2, 0.25) is 16.0 Å². The number of rotatable bonds is 7. The van der Waals surface area contributed by atoms with Gasteiger partial charge in [0.25, 0.3) is 0 Å². The molecule has 1 unspecified atom stereocenters. The van der Waals surface area contributed by atoms with Crippen molar-refractivity contribution in [2.45, 2.75) is 44.6 Å². The fourth-order valence-electron chi connectivity index (χ4n) is 2.35. The third kappa shape index (κ3) is 4.07. The summed E-state index contributed by atoms with van der Waals surface area (Å²) in [5.74, 6) is 0.443. The monoisotopic (exact) mass is 349 g/mol. The Balaban J connectivity index is 2.24. The van der Waals surface area contributed by atoms with Crippen LogP contribution in [0.5, 0.6) is 0 Å². The third-order valence-electron chi connectivity index (χ3n) is 3.79. The normalized spacial score (nSPS) is 12.8. The van der Waals surface area contributed by atoms with E-state index in [0.717, 1.165) is 29.8 Å². The van der Waals surface area contributed by atoms with Crippen LogP contribution < -0.4 is 10.0 Å². The van der Waals surface area contributed by atoms with E-state index in [9.17, 15) is 8.42 Å². The minimum Gasteiger partial charge on any atom is -0.346 e. The van der Waals surface area contributed by atoms with E-state index in [2.05, 4.69) is 25.2 Å². The highest BCUT2D eigenvalue weighted by Crippen LogP contribution is 2.20. The zero-order valence-electron chi connectivity index (χ0n) is 14.4. The predicted octanol–water partition coefficient (Wildman–Crippen LogP) is 2.08. The molecule has 2 aromatic rings. The van der Waals surface area contributed by atoms with Gasteiger partial charge >= 0.3 is 0 Å². The lowest BCUT2D eigenvalue weighted by atomic mass is 10.1. The third-order valence-corrected chi connectivity index (χ3v) is 5.20. The molecule has 0 saturated carbocycles. The molecule has 0 aliphatic heterocycles. The van der Waals surface area contributed by atoms with Crippen molar-refractivity contribution in [1.82, 2.24) is 19.9 Å². The summed E-state index contributed by atoms with van der Waals surface area (Å²) in [6.45, 7) is 5.98. The first-order valence-electron chi connectivity index (χ1n) is 7.93. The Kier molecular flexibility index (Phi) is 5.84. The molecule has 2 N–H and O–H groups in total. The largest absolute Gasteiger partial charge is 0.346 e. The molecule has 0 radical (unpaired) electrons. The van der Waals surface area contributed by atoms with E-state index in [1.54, 1.807) is 18.2 Å². The number of aryl methyl sites for hydroxylation is 2. The molecule has 24 heavy (non-hydrogen) atoms. The van der Waals surface area contributed by atoms with Crippen LogP contribution in [0.1, 0.15) is 43.8 Å². The molecule has 0 fully saturated rings. The second-order valence-electron chi connectivity index (χ2n) is 5.38. The van der Waals surface area contributed by atoms with Crippen LogP contribution in [0.15, 0.2) is 29.2 Å². The number of anilines is 1. The SMILES string of the molecule is CCc1nnc(NC(C)c2cccc(S(=O)(=O)NC)c2)nc1CC. The molecule has 0 bridgehead atoms. The van der Waals surface area contributed by atoms with Crippen molar-refractivity contribution >= 4 is 16.0 Å². The molecule has 1 atom stereocenters. The van der Waals surface area contributed by atoms with Gasteiger partial charge in [-0.25, -0.2) is 18.1 Å². The van der Waals surface area contributed by atoms with Crippen LogP contribution in [0.4, 0.5) is 5.95 Å². The predicted molar refractivity (Wildman–Crippen MR) is 93.3 cm³/mol. The fraction of sp³-hybridized carbons (Fsp3) is 0.438. The Morgan fingerprint density at radius 1 is 1.12 bits per heavy atom. The second-order valence-corrected chi connectivity index (χ2v) is 7.27. The molecule has 0 aliphatic rings. The Hall–Kier alpha value is -2.06. The maximum atomic E-state index is 11.9. The van der Waals surface area contributed by atoms with E-state index in [1.165, 1.54) is 7.05 Å². The number of aromatic nitrogens is 3.